The van der Waals surface area contributed by atoms with Crippen molar-refractivity contribution in [1.29, 1.82) is 0 Å². The molecule has 0 saturated heterocycles. The van der Waals surface area contributed by atoms with E-state index in [-0.39, 0.29) is 12.1 Å². The number of amidine groups is 1. The first-order valence-corrected chi connectivity index (χ1v) is 6.44. The Kier molecular flexibility index (Phi) is 5.03. The molecule has 0 fully saturated rings. The normalized spacial score (nSPS) is 11.6. The summed E-state index contributed by atoms with van der Waals surface area (Å²) in [6.07, 6.45) is 1.74. The summed E-state index contributed by atoms with van der Waals surface area (Å²) in [5, 5.41) is 0.488. The smallest absolute Gasteiger partial charge is 0.338 e. The molecule has 1 aromatic carbocycles. The molecular formula is C12H16N2O2S. The molecule has 1 aromatic rings. The maximum Gasteiger partial charge on any atom is 0.338 e. The molecule has 0 atom stereocenters. The number of ether oxygens (including phenoxy) is 1. The van der Waals surface area contributed by atoms with E-state index in [1.165, 1.54) is 11.8 Å². The average molecular weight is 252 g/mol. The number of nitrogens with two attached hydrogens (primary N) is 1. The number of hydrogen-bond donors (Lipinski definition) is 1. The van der Waals surface area contributed by atoms with Crippen LogP contribution in [-0.2, 0) is 4.74 Å². The number of benzene rings is 1. The van der Waals surface area contributed by atoms with E-state index in [1.807, 2.05) is 20.1 Å². The molecule has 0 aliphatic heterocycles. The number of nitrogens with zero attached hydrogens (tertiary/aromatic N) is 1. The molecule has 0 heterocycles. The number of esters is 1. The van der Waals surface area contributed by atoms with Crippen molar-refractivity contribution in [3.05, 3.63) is 29.8 Å². The monoisotopic (exact) mass is 252 g/mol. The fourth-order valence-corrected chi connectivity index (χ4v) is 1.32. The second-order valence-electron chi connectivity index (χ2n) is 3.66. The van der Waals surface area contributed by atoms with Crippen molar-refractivity contribution in [3.63, 3.8) is 0 Å². The number of aliphatic imine (C=N–C) groups is 1. The lowest BCUT2D eigenvalue weighted by Gasteiger charge is -2.07. The highest BCUT2D eigenvalue weighted by molar-refractivity contribution is 8.13. The third-order valence-electron chi connectivity index (χ3n) is 1.89. The maximum atomic E-state index is 11.6. The molecule has 0 radical (unpaired) electrons. The number of rotatable bonds is 3. The highest BCUT2D eigenvalue weighted by Gasteiger charge is 2.08. The number of carbonyl (C=O) groups excluding carboxylic acids is 1. The van der Waals surface area contributed by atoms with Gasteiger partial charge in [0.05, 0.1) is 17.4 Å². The van der Waals surface area contributed by atoms with Crippen molar-refractivity contribution < 1.29 is 9.53 Å². The van der Waals surface area contributed by atoms with Crippen LogP contribution in [0.3, 0.4) is 0 Å². The molecule has 0 aliphatic carbocycles. The summed E-state index contributed by atoms with van der Waals surface area (Å²) in [4.78, 5) is 15.7. The lowest BCUT2D eigenvalue weighted by atomic mass is 10.2. The Morgan fingerprint density at radius 3 is 2.41 bits per heavy atom. The predicted octanol–water partition coefficient (Wildman–Crippen LogP) is 2.56. The Bertz CT molecular complexity index is 413. The summed E-state index contributed by atoms with van der Waals surface area (Å²) < 4.78 is 5.07. The number of thioether (sulfide) groups is 1. The first-order chi connectivity index (χ1) is 8.02. The Morgan fingerprint density at radius 2 is 1.94 bits per heavy atom. The van der Waals surface area contributed by atoms with Crippen LogP contribution in [0.25, 0.3) is 0 Å². The van der Waals surface area contributed by atoms with E-state index in [2.05, 4.69) is 4.99 Å². The third-order valence-corrected chi connectivity index (χ3v) is 2.40. The third kappa shape index (κ3) is 4.48. The largest absolute Gasteiger partial charge is 0.459 e. The second-order valence-corrected chi connectivity index (χ2v) is 4.48. The zero-order valence-electron chi connectivity index (χ0n) is 10.1. The van der Waals surface area contributed by atoms with Gasteiger partial charge >= 0.3 is 5.97 Å². The first-order valence-electron chi connectivity index (χ1n) is 5.22. The molecule has 17 heavy (non-hydrogen) atoms. The maximum absolute atomic E-state index is 11.6. The number of carbonyl (C=O) groups is 1. The fraction of sp³-hybridized carbons (Fsp3) is 0.333. The molecule has 0 amide bonds. The van der Waals surface area contributed by atoms with Crippen molar-refractivity contribution in [3.8, 4) is 0 Å². The van der Waals surface area contributed by atoms with Crippen molar-refractivity contribution in [1.82, 2.24) is 0 Å². The molecule has 92 valence electrons. The van der Waals surface area contributed by atoms with Gasteiger partial charge in [-0.1, -0.05) is 11.8 Å². The Hall–Kier alpha value is -1.49. The van der Waals surface area contributed by atoms with Crippen LogP contribution in [0.2, 0.25) is 0 Å². The Balaban J connectivity index is 2.78. The van der Waals surface area contributed by atoms with Crippen LogP contribution >= 0.6 is 11.8 Å². The van der Waals surface area contributed by atoms with E-state index in [1.54, 1.807) is 24.3 Å². The van der Waals surface area contributed by atoms with Crippen molar-refractivity contribution >= 4 is 28.6 Å². The van der Waals surface area contributed by atoms with Gasteiger partial charge in [0.25, 0.3) is 0 Å². The van der Waals surface area contributed by atoms with Crippen molar-refractivity contribution in [2.24, 2.45) is 10.7 Å². The highest BCUT2D eigenvalue weighted by atomic mass is 32.2. The van der Waals surface area contributed by atoms with Gasteiger partial charge < -0.3 is 10.5 Å². The SMILES string of the molecule is CSC(N)=Nc1ccc(C(=O)OC(C)C)cc1. The quantitative estimate of drug-likeness (QED) is 0.510. The van der Waals surface area contributed by atoms with Crippen molar-refractivity contribution in [2.45, 2.75) is 20.0 Å². The minimum absolute atomic E-state index is 0.118. The standard InChI is InChI=1S/C12H16N2O2S/c1-8(2)16-11(15)9-4-6-10(7-5-9)14-12(13)17-3/h4-8H,1-3H3,(H2,13,14). The molecule has 4 nitrogen and oxygen atoms in total. The number of hydrogen-bond acceptors (Lipinski definition) is 4. The van der Waals surface area contributed by atoms with Gasteiger partial charge in [-0.25, -0.2) is 9.79 Å². The van der Waals surface area contributed by atoms with Crippen molar-refractivity contribution in [2.75, 3.05) is 6.26 Å². The van der Waals surface area contributed by atoms with Gasteiger partial charge in [0.1, 0.15) is 0 Å². The zero-order valence-corrected chi connectivity index (χ0v) is 11.0. The molecule has 0 aromatic heterocycles. The summed E-state index contributed by atoms with van der Waals surface area (Å²) in [7, 11) is 0. The zero-order chi connectivity index (χ0) is 12.8. The molecule has 2 N–H and O–H groups in total. The summed E-state index contributed by atoms with van der Waals surface area (Å²) in [6.45, 7) is 3.63. The Morgan fingerprint density at radius 1 is 1.35 bits per heavy atom. The molecule has 1 rings (SSSR count). The summed E-state index contributed by atoms with van der Waals surface area (Å²) >= 11 is 1.37. The van der Waals surface area contributed by atoms with Gasteiger partial charge in [-0.3, -0.25) is 0 Å². The molecule has 0 aliphatic rings. The van der Waals surface area contributed by atoms with E-state index < -0.39 is 0 Å². The van der Waals surface area contributed by atoms with Crippen LogP contribution in [0.4, 0.5) is 5.69 Å². The average Bonchev–Trinajstić information content (AvgIpc) is 2.28. The lowest BCUT2D eigenvalue weighted by molar-refractivity contribution is 0.0378. The first kappa shape index (κ1) is 13.6. The van der Waals surface area contributed by atoms with Crippen LogP contribution in [-0.4, -0.2) is 23.5 Å². The Labute approximate surface area is 105 Å². The molecule has 0 unspecified atom stereocenters. The van der Waals surface area contributed by atoms with Crippen LogP contribution in [0.15, 0.2) is 29.3 Å². The topological polar surface area (TPSA) is 64.7 Å². The van der Waals surface area contributed by atoms with E-state index >= 15 is 0 Å². The van der Waals surface area contributed by atoms with Crippen LogP contribution in [0.1, 0.15) is 24.2 Å². The highest BCUT2D eigenvalue weighted by Crippen LogP contribution is 2.15. The van der Waals surface area contributed by atoms with Gasteiger partial charge in [0, 0.05) is 0 Å². The van der Waals surface area contributed by atoms with E-state index in [9.17, 15) is 4.79 Å². The summed E-state index contributed by atoms with van der Waals surface area (Å²) in [5.41, 5.74) is 6.82. The summed E-state index contributed by atoms with van der Waals surface area (Å²) in [5.74, 6) is -0.326. The molecule has 5 heteroatoms. The summed E-state index contributed by atoms with van der Waals surface area (Å²) in [6, 6.07) is 6.83. The molecule has 0 spiro atoms. The predicted molar refractivity (Wildman–Crippen MR) is 71.8 cm³/mol. The van der Waals surface area contributed by atoms with Crippen LogP contribution < -0.4 is 5.73 Å². The lowest BCUT2D eigenvalue weighted by Crippen LogP contribution is -2.11. The van der Waals surface area contributed by atoms with Gasteiger partial charge in [-0.15, -0.1) is 0 Å². The van der Waals surface area contributed by atoms with E-state index in [4.69, 9.17) is 10.5 Å². The molecule has 0 bridgehead atoms. The van der Waals surface area contributed by atoms with E-state index in [0.29, 0.717) is 10.7 Å². The molecular weight excluding hydrogens is 236 g/mol. The van der Waals surface area contributed by atoms with Gasteiger partial charge in [0.15, 0.2) is 5.17 Å². The second kappa shape index (κ2) is 6.30. The minimum Gasteiger partial charge on any atom is -0.459 e. The fourth-order valence-electron chi connectivity index (χ4n) is 1.13. The van der Waals surface area contributed by atoms with Crippen LogP contribution in [0.5, 0.6) is 0 Å². The van der Waals surface area contributed by atoms with Gasteiger partial charge in [-0.2, -0.15) is 0 Å². The van der Waals surface area contributed by atoms with Gasteiger partial charge in [-0.05, 0) is 44.4 Å². The van der Waals surface area contributed by atoms with Crippen LogP contribution in [0, 0.1) is 0 Å². The molecule has 0 saturated carbocycles. The van der Waals surface area contributed by atoms with Gasteiger partial charge in [0.2, 0.25) is 0 Å². The minimum atomic E-state index is -0.326. The van der Waals surface area contributed by atoms with E-state index in [0.717, 1.165) is 5.69 Å².